The van der Waals surface area contributed by atoms with Crippen LogP contribution in [0.2, 0.25) is 15.1 Å². The molecule has 3 rings (SSSR count). The second-order valence-electron chi connectivity index (χ2n) is 5.32. The summed E-state index contributed by atoms with van der Waals surface area (Å²) in [5, 5.41) is 11.5. The zero-order chi connectivity index (χ0) is 18.7. The van der Waals surface area contributed by atoms with Gasteiger partial charge in [0.05, 0.1) is 11.6 Å². The van der Waals surface area contributed by atoms with Crippen molar-refractivity contribution in [2.45, 2.75) is 6.54 Å². The van der Waals surface area contributed by atoms with Gasteiger partial charge in [-0.05, 0) is 42.0 Å². The van der Waals surface area contributed by atoms with Crippen LogP contribution in [0.4, 0.5) is 15.9 Å². The number of hydrogen-bond acceptors (Lipinski definition) is 2. The highest BCUT2D eigenvalue weighted by Gasteiger charge is 2.11. The van der Waals surface area contributed by atoms with Gasteiger partial charge in [-0.2, -0.15) is 5.10 Å². The number of rotatable bonds is 4. The van der Waals surface area contributed by atoms with Crippen LogP contribution in [0.5, 0.6) is 0 Å². The molecule has 0 aliphatic rings. The number of nitrogens with one attached hydrogen (secondary N) is 2. The van der Waals surface area contributed by atoms with Gasteiger partial charge in [0.1, 0.15) is 10.8 Å². The van der Waals surface area contributed by atoms with Crippen molar-refractivity contribution in [3.05, 3.63) is 75.1 Å². The van der Waals surface area contributed by atoms with Crippen molar-refractivity contribution in [1.29, 1.82) is 0 Å². The van der Waals surface area contributed by atoms with Crippen LogP contribution in [0.15, 0.2) is 48.7 Å². The quantitative estimate of drug-likeness (QED) is 0.511. The fourth-order valence-corrected chi connectivity index (χ4v) is 3.00. The Bertz CT molecular complexity index is 961. The fraction of sp³-hybridized carbons (Fsp3) is 0.0588. The van der Waals surface area contributed by atoms with Crippen LogP contribution >= 0.6 is 47.0 Å². The molecular weight excluding hydrogens is 418 g/mol. The number of thiocarbonyl (C=S) groups is 1. The van der Waals surface area contributed by atoms with Crippen LogP contribution in [-0.2, 0) is 6.54 Å². The molecule has 134 valence electrons. The van der Waals surface area contributed by atoms with Crippen LogP contribution in [0.3, 0.4) is 0 Å². The first kappa shape index (κ1) is 18.9. The number of benzene rings is 2. The van der Waals surface area contributed by atoms with Crippen LogP contribution in [0.1, 0.15) is 5.56 Å². The zero-order valence-corrected chi connectivity index (χ0v) is 16.2. The van der Waals surface area contributed by atoms with E-state index in [0.29, 0.717) is 28.1 Å². The van der Waals surface area contributed by atoms with E-state index in [1.165, 1.54) is 18.2 Å². The summed E-state index contributed by atoms with van der Waals surface area (Å²) < 4.78 is 14.9. The van der Waals surface area contributed by atoms with Crippen molar-refractivity contribution in [2.75, 3.05) is 10.6 Å². The van der Waals surface area contributed by atoms with E-state index in [-0.39, 0.29) is 10.1 Å². The maximum Gasteiger partial charge on any atom is 0.176 e. The monoisotopic (exact) mass is 428 g/mol. The largest absolute Gasteiger partial charge is 0.332 e. The molecule has 0 saturated carbocycles. The topological polar surface area (TPSA) is 41.9 Å². The number of nitrogens with zero attached hydrogens (tertiary/aromatic N) is 2. The molecule has 1 aromatic heterocycles. The molecule has 9 heteroatoms. The number of halogens is 4. The molecule has 26 heavy (non-hydrogen) atoms. The lowest BCUT2D eigenvalue weighted by Gasteiger charge is -2.09. The van der Waals surface area contributed by atoms with Gasteiger partial charge in [-0.25, -0.2) is 4.39 Å². The summed E-state index contributed by atoms with van der Waals surface area (Å²) >= 11 is 23.3. The number of aromatic nitrogens is 2. The summed E-state index contributed by atoms with van der Waals surface area (Å²) in [7, 11) is 0. The molecule has 3 aromatic rings. The lowest BCUT2D eigenvalue weighted by Crippen LogP contribution is -2.19. The van der Waals surface area contributed by atoms with Crippen molar-refractivity contribution >= 4 is 63.6 Å². The lowest BCUT2D eigenvalue weighted by atomic mass is 10.2. The average Bonchev–Trinajstić information content (AvgIpc) is 2.92. The molecule has 0 aliphatic carbocycles. The molecule has 0 spiro atoms. The van der Waals surface area contributed by atoms with Crippen molar-refractivity contribution in [3.63, 3.8) is 0 Å². The SMILES string of the molecule is Fc1ccc(NC(=S)Nc2nn(Cc3ccccc3Cl)cc2Cl)cc1Cl. The van der Waals surface area contributed by atoms with E-state index in [9.17, 15) is 4.39 Å². The van der Waals surface area contributed by atoms with Crippen LogP contribution in [0.25, 0.3) is 0 Å². The lowest BCUT2D eigenvalue weighted by molar-refractivity contribution is 0.628. The highest BCUT2D eigenvalue weighted by molar-refractivity contribution is 7.80. The highest BCUT2D eigenvalue weighted by atomic mass is 35.5. The van der Waals surface area contributed by atoms with E-state index in [0.717, 1.165) is 5.56 Å². The Balaban J connectivity index is 1.68. The molecule has 2 aromatic carbocycles. The van der Waals surface area contributed by atoms with Gasteiger partial charge in [0.15, 0.2) is 10.9 Å². The van der Waals surface area contributed by atoms with Gasteiger partial charge in [-0.1, -0.05) is 53.0 Å². The van der Waals surface area contributed by atoms with E-state index in [4.69, 9.17) is 47.0 Å². The Morgan fingerprint density at radius 2 is 1.81 bits per heavy atom. The molecule has 0 atom stereocenters. The Kier molecular flexibility index (Phi) is 5.98. The van der Waals surface area contributed by atoms with Crippen molar-refractivity contribution < 1.29 is 4.39 Å². The smallest absolute Gasteiger partial charge is 0.176 e. The summed E-state index contributed by atoms with van der Waals surface area (Å²) in [4.78, 5) is 0. The second kappa shape index (κ2) is 8.22. The second-order valence-corrected chi connectivity index (χ2v) is 6.95. The molecule has 0 fully saturated rings. The summed E-state index contributed by atoms with van der Waals surface area (Å²) in [5.74, 6) is -0.109. The third-order valence-corrected chi connectivity index (χ3v) is 4.56. The average molecular weight is 430 g/mol. The maximum absolute atomic E-state index is 13.2. The Morgan fingerprint density at radius 1 is 1.04 bits per heavy atom. The number of hydrogen-bond donors (Lipinski definition) is 2. The first-order chi connectivity index (χ1) is 12.4. The van der Waals surface area contributed by atoms with Crippen molar-refractivity contribution in [3.8, 4) is 0 Å². The summed E-state index contributed by atoms with van der Waals surface area (Å²) in [6.07, 6.45) is 1.67. The Morgan fingerprint density at radius 3 is 2.54 bits per heavy atom. The molecule has 0 unspecified atom stereocenters. The molecule has 1 heterocycles. The standard InChI is InChI=1S/C17H12Cl3FN4S/c18-12-4-2-1-3-10(12)8-25-9-14(20)16(24-25)23-17(26)22-11-5-6-15(21)13(19)7-11/h1-7,9H,8H2,(H2,22,23,24,26). The van der Waals surface area contributed by atoms with E-state index in [1.54, 1.807) is 10.9 Å². The third-order valence-electron chi connectivity index (χ3n) is 3.42. The summed E-state index contributed by atoms with van der Waals surface area (Å²) in [6, 6.07) is 11.7. The van der Waals surface area contributed by atoms with E-state index < -0.39 is 5.82 Å². The Hall–Kier alpha value is -1.86. The molecular formula is C17H12Cl3FN4S. The Labute approximate surface area is 169 Å². The van der Waals surface area contributed by atoms with Crippen LogP contribution in [0, 0.1) is 5.82 Å². The van der Waals surface area contributed by atoms with Crippen molar-refractivity contribution in [2.24, 2.45) is 0 Å². The summed E-state index contributed by atoms with van der Waals surface area (Å²) in [5.41, 5.74) is 1.46. The van der Waals surface area contributed by atoms with E-state index in [1.807, 2.05) is 24.3 Å². The van der Waals surface area contributed by atoms with Gasteiger partial charge < -0.3 is 10.6 Å². The van der Waals surface area contributed by atoms with Gasteiger partial charge in [0.25, 0.3) is 0 Å². The third kappa shape index (κ3) is 4.65. The molecule has 0 amide bonds. The first-order valence-corrected chi connectivity index (χ1v) is 8.96. The molecule has 2 N–H and O–H groups in total. The zero-order valence-electron chi connectivity index (χ0n) is 13.1. The number of anilines is 2. The molecule has 0 bridgehead atoms. The van der Waals surface area contributed by atoms with Gasteiger partial charge >= 0.3 is 0 Å². The van der Waals surface area contributed by atoms with Gasteiger partial charge in [0.2, 0.25) is 0 Å². The normalized spacial score (nSPS) is 10.6. The van der Waals surface area contributed by atoms with Gasteiger partial charge in [-0.3, -0.25) is 4.68 Å². The minimum atomic E-state index is -0.502. The predicted molar refractivity (Wildman–Crippen MR) is 109 cm³/mol. The molecule has 0 saturated heterocycles. The van der Waals surface area contributed by atoms with E-state index >= 15 is 0 Å². The van der Waals surface area contributed by atoms with Crippen LogP contribution < -0.4 is 10.6 Å². The maximum atomic E-state index is 13.2. The van der Waals surface area contributed by atoms with Crippen LogP contribution in [-0.4, -0.2) is 14.9 Å². The highest BCUT2D eigenvalue weighted by Crippen LogP contribution is 2.23. The molecule has 0 aliphatic heterocycles. The molecule has 0 radical (unpaired) electrons. The summed E-state index contributed by atoms with van der Waals surface area (Å²) in [6.45, 7) is 0.467. The van der Waals surface area contributed by atoms with Gasteiger partial charge in [0, 0.05) is 16.9 Å². The fourth-order valence-electron chi connectivity index (χ4n) is 2.21. The van der Waals surface area contributed by atoms with E-state index in [2.05, 4.69) is 15.7 Å². The van der Waals surface area contributed by atoms with Gasteiger partial charge in [-0.15, -0.1) is 0 Å². The minimum Gasteiger partial charge on any atom is -0.332 e. The van der Waals surface area contributed by atoms with Crippen molar-refractivity contribution in [1.82, 2.24) is 9.78 Å². The minimum absolute atomic E-state index is 0.000139. The predicted octanol–water partition coefficient (Wildman–Crippen LogP) is 5.84. The molecule has 4 nitrogen and oxygen atoms in total. The first-order valence-electron chi connectivity index (χ1n) is 7.42.